The lowest BCUT2D eigenvalue weighted by molar-refractivity contribution is 0.183. The largest absolute Gasteiger partial charge is 0.206 e. The second-order valence-electron chi connectivity index (χ2n) is 9.16. The van der Waals surface area contributed by atoms with E-state index in [2.05, 4.69) is 6.92 Å². The van der Waals surface area contributed by atoms with Crippen molar-refractivity contribution in [2.24, 2.45) is 17.8 Å². The van der Waals surface area contributed by atoms with Crippen molar-refractivity contribution < 1.29 is 13.2 Å². The van der Waals surface area contributed by atoms with Gasteiger partial charge in [-0.05, 0) is 90.8 Å². The molecule has 2 aromatic rings. The van der Waals surface area contributed by atoms with Gasteiger partial charge in [0.2, 0.25) is 0 Å². The highest BCUT2D eigenvalue weighted by atomic mass is 19.2. The van der Waals surface area contributed by atoms with Gasteiger partial charge in [-0.3, -0.25) is 0 Å². The highest BCUT2D eigenvalue weighted by molar-refractivity contribution is 5.66. The Hall–Kier alpha value is -1.77. The van der Waals surface area contributed by atoms with Gasteiger partial charge in [-0.1, -0.05) is 45.1 Å². The van der Waals surface area contributed by atoms with Crippen LogP contribution in [0.3, 0.4) is 0 Å². The monoisotopic (exact) mass is 400 g/mol. The van der Waals surface area contributed by atoms with E-state index >= 15 is 0 Å². The molecule has 0 aliphatic heterocycles. The average Bonchev–Trinajstić information content (AvgIpc) is 2.74. The first-order chi connectivity index (χ1) is 14.0. The van der Waals surface area contributed by atoms with E-state index in [1.165, 1.54) is 56.6 Å². The van der Waals surface area contributed by atoms with Crippen molar-refractivity contribution in [1.82, 2.24) is 0 Å². The maximum absolute atomic E-state index is 14.8. The minimum atomic E-state index is -0.936. The first-order valence-corrected chi connectivity index (χ1v) is 11.3. The van der Waals surface area contributed by atoms with Gasteiger partial charge in [0, 0.05) is 5.56 Å². The number of halogens is 3. The van der Waals surface area contributed by atoms with E-state index in [1.807, 2.05) is 6.07 Å². The average molecular weight is 401 g/mol. The molecular formula is C26H31F3. The van der Waals surface area contributed by atoms with Gasteiger partial charge in [0.25, 0.3) is 0 Å². The summed E-state index contributed by atoms with van der Waals surface area (Å²) in [5.74, 6) is 0.170. The Balaban J connectivity index is 1.45. The quantitative estimate of drug-likeness (QED) is 0.479. The summed E-state index contributed by atoms with van der Waals surface area (Å²) >= 11 is 0. The van der Waals surface area contributed by atoms with Crippen LogP contribution in [0, 0.1) is 35.2 Å². The molecule has 0 radical (unpaired) electrons. The van der Waals surface area contributed by atoms with Crippen LogP contribution in [0.2, 0.25) is 0 Å². The zero-order chi connectivity index (χ0) is 20.4. The van der Waals surface area contributed by atoms with E-state index in [0.29, 0.717) is 17.0 Å². The van der Waals surface area contributed by atoms with Crippen LogP contribution in [0.1, 0.15) is 69.4 Å². The molecule has 0 bridgehead atoms. The molecule has 3 heteroatoms. The number of rotatable bonds is 5. The highest BCUT2D eigenvalue weighted by Crippen LogP contribution is 2.41. The van der Waals surface area contributed by atoms with Gasteiger partial charge in [-0.2, -0.15) is 0 Å². The third-order valence-electron chi connectivity index (χ3n) is 7.31. The van der Waals surface area contributed by atoms with Crippen LogP contribution >= 0.6 is 0 Å². The highest BCUT2D eigenvalue weighted by Gasteiger charge is 2.30. The molecule has 2 aliphatic rings. The minimum absolute atomic E-state index is 0.335. The molecule has 0 heterocycles. The molecule has 0 aromatic heterocycles. The summed E-state index contributed by atoms with van der Waals surface area (Å²) in [5, 5.41) is 0. The van der Waals surface area contributed by atoms with Gasteiger partial charge in [0.05, 0.1) is 0 Å². The molecule has 156 valence electrons. The number of unbranched alkanes of at least 4 members (excludes halogenated alkanes) is 1. The van der Waals surface area contributed by atoms with Gasteiger partial charge >= 0.3 is 0 Å². The summed E-state index contributed by atoms with van der Waals surface area (Å²) in [6.07, 6.45) is 12.4. The Labute approximate surface area is 172 Å². The molecule has 2 aliphatic carbocycles. The van der Waals surface area contributed by atoms with E-state index in [0.717, 1.165) is 48.8 Å². The fourth-order valence-corrected chi connectivity index (χ4v) is 5.54. The molecule has 0 N–H and O–H groups in total. The SMILES string of the molecule is CCCCC1CCC(C2CCc3cc(-c4ccc(F)c(F)c4)c(F)cc3C2)CC1. The smallest absolute Gasteiger partial charge is 0.159 e. The standard InChI is InChI=1S/C26H31F3/c1-2-3-4-17-5-7-18(8-6-17)19-9-10-20-14-23(25(28)16-22(20)13-19)21-11-12-24(27)26(29)15-21/h11-12,14-19H,2-10,13H2,1H3. The summed E-state index contributed by atoms with van der Waals surface area (Å²) in [4.78, 5) is 0. The number of hydrogen-bond acceptors (Lipinski definition) is 0. The fraction of sp³-hybridized carbons (Fsp3) is 0.538. The van der Waals surface area contributed by atoms with Crippen LogP contribution in [0.25, 0.3) is 11.1 Å². The Morgan fingerprint density at radius 1 is 0.793 bits per heavy atom. The molecule has 0 spiro atoms. The van der Waals surface area contributed by atoms with Gasteiger partial charge in [0.1, 0.15) is 5.82 Å². The van der Waals surface area contributed by atoms with E-state index < -0.39 is 11.6 Å². The van der Waals surface area contributed by atoms with Crippen molar-refractivity contribution in [2.45, 2.75) is 71.1 Å². The van der Waals surface area contributed by atoms with Crippen LogP contribution in [0.5, 0.6) is 0 Å². The lowest BCUT2D eigenvalue weighted by Gasteiger charge is -2.36. The summed E-state index contributed by atoms with van der Waals surface area (Å²) in [6, 6.07) is 7.10. The van der Waals surface area contributed by atoms with Crippen molar-refractivity contribution >= 4 is 0 Å². The van der Waals surface area contributed by atoms with Crippen LogP contribution in [-0.2, 0) is 12.8 Å². The van der Waals surface area contributed by atoms with E-state index in [-0.39, 0.29) is 5.82 Å². The second-order valence-corrected chi connectivity index (χ2v) is 9.16. The van der Waals surface area contributed by atoms with Crippen molar-refractivity contribution in [1.29, 1.82) is 0 Å². The van der Waals surface area contributed by atoms with Crippen LogP contribution < -0.4 is 0 Å². The number of hydrogen-bond donors (Lipinski definition) is 0. The lowest BCUT2D eigenvalue weighted by atomic mass is 9.69. The summed E-state index contributed by atoms with van der Waals surface area (Å²) < 4.78 is 41.6. The second kappa shape index (κ2) is 8.93. The van der Waals surface area contributed by atoms with E-state index in [9.17, 15) is 13.2 Å². The van der Waals surface area contributed by atoms with Crippen LogP contribution in [0.4, 0.5) is 13.2 Å². The Kier molecular flexibility index (Phi) is 6.32. The molecular weight excluding hydrogens is 369 g/mol. The topological polar surface area (TPSA) is 0 Å². The molecule has 0 amide bonds. The first-order valence-electron chi connectivity index (χ1n) is 11.3. The molecule has 0 nitrogen and oxygen atoms in total. The predicted molar refractivity (Wildman–Crippen MR) is 112 cm³/mol. The van der Waals surface area contributed by atoms with Crippen LogP contribution in [-0.4, -0.2) is 0 Å². The molecule has 1 atom stereocenters. The molecule has 1 fully saturated rings. The van der Waals surface area contributed by atoms with E-state index in [1.54, 1.807) is 6.07 Å². The molecule has 1 saturated carbocycles. The third kappa shape index (κ3) is 4.54. The van der Waals surface area contributed by atoms with Crippen molar-refractivity contribution in [3.05, 3.63) is 58.9 Å². The molecule has 4 rings (SSSR count). The Morgan fingerprint density at radius 3 is 2.31 bits per heavy atom. The van der Waals surface area contributed by atoms with Gasteiger partial charge in [-0.15, -0.1) is 0 Å². The number of aryl methyl sites for hydroxylation is 1. The summed E-state index contributed by atoms with van der Waals surface area (Å²) in [7, 11) is 0. The van der Waals surface area contributed by atoms with Crippen molar-refractivity contribution in [2.75, 3.05) is 0 Å². The molecule has 2 aromatic carbocycles. The summed E-state index contributed by atoms with van der Waals surface area (Å²) in [6.45, 7) is 2.27. The van der Waals surface area contributed by atoms with Gasteiger partial charge < -0.3 is 0 Å². The van der Waals surface area contributed by atoms with Crippen molar-refractivity contribution in [3.8, 4) is 11.1 Å². The number of benzene rings is 2. The molecule has 29 heavy (non-hydrogen) atoms. The van der Waals surface area contributed by atoms with Crippen molar-refractivity contribution in [3.63, 3.8) is 0 Å². The van der Waals surface area contributed by atoms with Gasteiger partial charge in [0.15, 0.2) is 11.6 Å². The number of fused-ring (bicyclic) bond motifs is 1. The lowest BCUT2D eigenvalue weighted by Crippen LogP contribution is -2.26. The minimum Gasteiger partial charge on any atom is -0.206 e. The summed E-state index contributed by atoms with van der Waals surface area (Å²) in [5.41, 5.74) is 3.05. The maximum Gasteiger partial charge on any atom is 0.159 e. The van der Waals surface area contributed by atoms with Crippen LogP contribution in [0.15, 0.2) is 30.3 Å². The Morgan fingerprint density at radius 2 is 1.59 bits per heavy atom. The maximum atomic E-state index is 14.8. The van der Waals surface area contributed by atoms with Gasteiger partial charge in [-0.25, -0.2) is 13.2 Å². The fourth-order valence-electron chi connectivity index (χ4n) is 5.54. The zero-order valence-corrected chi connectivity index (χ0v) is 17.3. The zero-order valence-electron chi connectivity index (χ0n) is 17.3. The molecule has 0 saturated heterocycles. The molecule has 1 unspecified atom stereocenters. The first kappa shape index (κ1) is 20.5. The normalized spacial score (nSPS) is 24.3. The predicted octanol–water partition coefficient (Wildman–Crippen LogP) is 7.87. The third-order valence-corrected chi connectivity index (χ3v) is 7.31. The Bertz CT molecular complexity index is 849. The van der Waals surface area contributed by atoms with E-state index in [4.69, 9.17) is 0 Å².